The number of carbonyl (C=O) groups excluding carboxylic acids is 1. The molecule has 1 aliphatic heterocycles. The van der Waals surface area contributed by atoms with Gasteiger partial charge >= 0.3 is 6.18 Å². The Morgan fingerprint density at radius 1 is 1.39 bits per heavy atom. The predicted molar refractivity (Wildman–Crippen MR) is 79.1 cm³/mol. The lowest BCUT2D eigenvalue weighted by atomic mass is 9.98. The van der Waals surface area contributed by atoms with Gasteiger partial charge in [0.1, 0.15) is 11.6 Å². The molecule has 1 aromatic carbocycles. The molecule has 0 unspecified atom stereocenters. The molecule has 2 aromatic rings. The van der Waals surface area contributed by atoms with E-state index in [9.17, 15) is 18.0 Å². The third-order valence-corrected chi connectivity index (χ3v) is 4.24. The van der Waals surface area contributed by atoms with E-state index in [0.717, 1.165) is 5.52 Å². The SMILES string of the molecule is CN1C[C@@H](NC(=O)c2cccc3[nH]cnc23)CC[C@@H]1C(F)(F)F. The molecule has 8 heteroatoms. The van der Waals surface area contributed by atoms with Gasteiger partial charge in [-0.1, -0.05) is 6.07 Å². The monoisotopic (exact) mass is 326 g/mol. The highest BCUT2D eigenvalue weighted by atomic mass is 19.4. The highest BCUT2D eigenvalue weighted by Crippen LogP contribution is 2.31. The van der Waals surface area contributed by atoms with Crippen molar-refractivity contribution >= 4 is 16.9 Å². The number of imidazole rings is 1. The van der Waals surface area contributed by atoms with Crippen LogP contribution >= 0.6 is 0 Å². The van der Waals surface area contributed by atoms with E-state index < -0.39 is 12.2 Å². The smallest absolute Gasteiger partial charge is 0.348 e. The second kappa shape index (κ2) is 5.84. The van der Waals surface area contributed by atoms with E-state index in [0.29, 0.717) is 17.5 Å². The molecule has 3 rings (SSSR count). The first kappa shape index (κ1) is 15.8. The van der Waals surface area contributed by atoms with Gasteiger partial charge in [-0.2, -0.15) is 13.2 Å². The van der Waals surface area contributed by atoms with Gasteiger partial charge in [0.05, 0.1) is 17.4 Å². The predicted octanol–water partition coefficient (Wildman–Crippen LogP) is 2.32. The van der Waals surface area contributed by atoms with Crippen molar-refractivity contribution in [3.05, 3.63) is 30.1 Å². The fourth-order valence-electron chi connectivity index (χ4n) is 3.09. The van der Waals surface area contributed by atoms with Gasteiger partial charge in [-0.3, -0.25) is 9.69 Å². The summed E-state index contributed by atoms with van der Waals surface area (Å²) in [5.74, 6) is -0.313. The Morgan fingerprint density at radius 2 is 2.17 bits per heavy atom. The lowest BCUT2D eigenvalue weighted by Gasteiger charge is -2.38. The fourth-order valence-corrected chi connectivity index (χ4v) is 3.09. The van der Waals surface area contributed by atoms with Crippen molar-refractivity contribution in [2.45, 2.75) is 31.1 Å². The maximum atomic E-state index is 12.8. The van der Waals surface area contributed by atoms with Gasteiger partial charge in [0, 0.05) is 12.6 Å². The second-order valence-corrected chi connectivity index (χ2v) is 5.85. The third-order valence-electron chi connectivity index (χ3n) is 4.24. The molecule has 0 aliphatic carbocycles. The zero-order valence-corrected chi connectivity index (χ0v) is 12.5. The second-order valence-electron chi connectivity index (χ2n) is 5.85. The number of amides is 1. The number of nitrogens with one attached hydrogen (secondary N) is 2. The van der Waals surface area contributed by atoms with Crippen molar-refractivity contribution < 1.29 is 18.0 Å². The molecule has 2 heterocycles. The Labute approximate surface area is 130 Å². The molecule has 1 saturated heterocycles. The number of rotatable bonds is 2. The Balaban J connectivity index is 1.69. The molecule has 0 saturated carbocycles. The van der Waals surface area contributed by atoms with Gasteiger partial charge in [-0.05, 0) is 32.0 Å². The number of para-hydroxylation sites is 1. The number of benzene rings is 1. The van der Waals surface area contributed by atoms with Crippen LogP contribution in [-0.2, 0) is 0 Å². The third kappa shape index (κ3) is 3.17. The number of likely N-dealkylation sites (tertiary alicyclic amines) is 1. The summed E-state index contributed by atoms with van der Waals surface area (Å²) < 4.78 is 38.5. The molecule has 1 amide bonds. The van der Waals surface area contributed by atoms with Crippen LogP contribution < -0.4 is 5.32 Å². The lowest BCUT2D eigenvalue weighted by molar-refractivity contribution is -0.188. The maximum absolute atomic E-state index is 12.8. The molecule has 2 atom stereocenters. The summed E-state index contributed by atoms with van der Waals surface area (Å²) >= 11 is 0. The summed E-state index contributed by atoms with van der Waals surface area (Å²) in [6.45, 7) is 0.173. The average molecular weight is 326 g/mol. The Morgan fingerprint density at radius 3 is 2.87 bits per heavy atom. The van der Waals surface area contributed by atoms with Crippen molar-refractivity contribution in [2.75, 3.05) is 13.6 Å². The van der Waals surface area contributed by atoms with Crippen LogP contribution in [0.5, 0.6) is 0 Å². The summed E-state index contributed by atoms with van der Waals surface area (Å²) in [5.41, 5.74) is 1.72. The van der Waals surface area contributed by atoms with E-state index in [1.54, 1.807) is 18.2 Å². The maximum Gasteiger partial charge on any atom is 0.404 e. The minimum Gasteiger partial charge on any atom is -0.348 e. The van der Waals surface area contributed by atoms with Gasteiger partial charge in [0.15, 0.2) is 0 Å². The fraction of sp³-hybridized carbons (Fsp3) is 0.467. The first-order chi connectivity index (χ1) is 10.9. The molecule has 1 fully saturated rings. The van der Waals surface area contributed by atoms with Crippen molar-refractivity contribution in [1.29, 1.82) is 0 Å². The zero-order chi connectivity index (χ0) is 16.6. The topological polar surface area (TPSA) is 61.0 Å². The molecular formula is C15H17F3N4O. The van der Waals surface area contributed by atoms with Crippen LogP contribution in [0.1, 0.15) is 23.2 Å². The Bertz CT molecular complexity index is 712. The standard InChI is InChI=1S/C15H17F3N4O/c1-22-7-9(5-6-12(22)15(16,17)18)21-14(23)10-3-2-4-11-13(10)20-8-19-11/h2-4,8-9,12H,5-7H2,1H3,(H,19,20)(H,21,23)/t9-,12+/m0/s1. The van der Waals surface area contributed by atoms with Gasteiger partial charge in [-0.25, -0.2) is 4.98 Å². The van der Waals surface area contributed by atoms with Crippen LogP contribution in [0.25, 0.3) is 11.0 Å². The molecule has 0 spiro atoms. The van der Waals surface area contributed by atoms with Crippen LogP contribution in [0.2, 0.25) is 0 Å². The average Bonchev–Trinajstić information content (AvgIpc) is 2.94. The summed E-state index contributed by atoms with van der Waals surface area (Å²) in [7, 11) is 1.44. The minimum absolute atomic E-state index is 0.0163. The van der Waals surface area contributed by atoms with Gasteiger partial charge in [-0.15, -0.1) is 0 Å². The summed E-state index contributed by atoms with van der Waals surface area (Å²) in [4.78, 5) is 20.7. The molecule has 0 radical (unpaired) electrons. The van der Waals surface area contributed by atoms with Crippen LogP contribution in [0.3, 0.4) is 0 Å². The van der Waals surface area contributed by atoms with E-state index in [-0.39, 0.29) is 24.9 Å². The number of aromatic nitrogens is 2. The molecule has 5 nitrogen and oxygen atoms in total. The van der Waals surface area contributed by atoms with Crippen molar-refractivity contribution in [2.24, 2.45) is 0 Å². The molecule has 0 bridgehead atoms. The molecular weight excluding hydrogens is 309 g/mol. The highest BCUT2D eigenvalue weighted by molar-refractivity contribution is 6.04. The largest absolute Gasteiger partial charge is 0.404 e. The summed E-state index contributed by atoms with van der Waals surface area (Å²) in [5, 5.41) is 2.82. The quantitative estimate of drug-likeness (QED) is 0.890. The number of alkyl halides is 3. The number of nitrogens with zero attached hydrogens (tertiary/aromatic N) is 2. The van der Waals surface area contributed by atoms with Crippen molar-refractivity contribution in [1.82, 2.24) is 20.2 Å². The number of hydrogen-bond donors (Lipinski definition) is 2. The van der Waals surface area contributed by atoms with Gasteiger partial charge in [0.25, 0.3) is 5.91 Å². The lowest BCUT2D eigenvalue weighted by Crippen LogP contribution is -2.54. The van der Waals surface area contributed by atoms with Crippen molar-refractivity contribution in [3.8, 4) is 0 Å². The van der Waals surface area contributed by atoms with E-state index in [4.69, 9.17) is 0 Å². The van der Waals surface area contributed by atoms with E-state index in [2.05, 4.69) is 15.3 Å². The van der Waals surface area contributed by atoms with Crippen LogP contribution in [0.4, 0.5) is 13.2 Å². The van der Waals surface area contributed by atoms with Gasteiger partial charge < -0.3 is 10.3 Å². The van der Waals surface area contributed by atoms with E-state index in [1.165, 1.54) is 18.3 Å². The number of hydrogen-bond acceptors (Lipinski definition) is 3. The van der Waals surface area contributed by atoms with Crippen LogP contribution in [0, 0.1) is 0 Å². The number of piperidine rings is 1. The van der Waals surface area contributed by atoms with Crippen LogP contribution in [-0.4, -0.2) is 52.6 Å². The van der Waals surface area contributed by atoms with E-state index >= 15 is 0 Å². The molecule has 23 heavy (non-hydrogen) atoms. The summed E-state index contributed by atoms with van der Waals surface area (Å²) in [6, 6.07) is 3.46. The zero-order valence-electron chi connectivity index (χ0n) is 12.5. The van der Waals surface area contributed by atoms with Gasteiger partial charge in [0.2, 0.25) is 0 Å². The first-order valence-electron chi connectivity index (χ1n) is 7.36. The molecule has 2 N–H and O–H groups in total. The number of halogens is 3. The highest BCUT2D eigenvalue weighted by Gasteiger charge is 2.44. The molecule has 124 valence electrons. The molecule has 1 aliphatic rings. The number of aromatic amines is 1. The number of fused-ring (bicyclic) bond motifs is 1. The van der Waals surface area contributed by atoms with E-state index in [1.807, 2.05) is 0 Å². The normalized spacial score (nSPS) is 23.1. The first-order valence-corrected chi connectivity index (χ1v) is 7.36. The number of H-pyrrole nitrogens is 1. The number of carbonyl (C=O) groups is 1. The minimum atomic E-state index is -4.23. The number of likely N-dealkylation sites (N-methyl/N-ethyl adjacent to an activating group) is 1. The van der Waals surface area contributed by atoms with Crippen molar-refractivity contribution in [3.63, 3.8) is 0 Å². The van der Waals surface area contributed by atoms with Crippen LogP contribution in [0.15, 0.2) is 24.5 Å². The Hall–Kier alpha value is -2.09. The molecule has 1 aromatic heterocycles. The summed E-state index contributed by atoms with van der Waals surface area (Å²) in [6.07, 6.45) is -2.44. The Kier molecular flexibility index (Phi) is 4.01.